The minimum Gasteiger partial charge on any atom is -0.353 e. The maximum Gasteiger partial charge on any atom is 0.243 e. The van der Waals surface area contributed by atoms with Crippen molar-refractivity contribution in [2.75, 3.05) is 6.54 Å². The highest BCUT2D eigenvalue weighted by Gasteiger charge is 1.96. The van der Waals surface area contributed by atoms with E-state index in [9.17, 15) is 4.79 Å². The second kappa shape index (κ2) is 5.56. The summed E-state index contributed by atoms with van der Waals surface area (Å²) >= 11 is 5.96. The monoisotopic (exact) mass is 223 g/mol. The number of likely N-dealkylation sites (N-methyl/N-ethyl adjacent to an activating group) is 1. The number of rotatable bonds is 3. The number of nitrogens with one attached hydrogen (secondary N) is 1. The van der Waals surface area contributed by atoms with Crippen LogP contribution in [0.25, 0.3) is 6.08 Å². The number of amides is 1. The molecule has 0 radical (unpaired) electrons. The van der Waals surface area contributed by atoms with Crippen molar-refractivity contribution < 1.29 is 4.79 Å². The molecule has 0 bridgehead atoms. The second-order valence-corrected chi connectivity index (χ2v) is 3.64. The standard InChI is InChI=1S/C12H14ClNO/c1-3-14-12(15)7-6-10-5-4-9(2)11(13)8-10/h4-8H,3H2,1-2H3,(H,14,15). The molecule has 0 saturated heterocycles. The summed E-state index contributed by atoms with van der Waals surface area (Å²) in [6.45, 7) is 4.46. The van der Waals surface area contributed by atoms with Crippen LogP contribution in [0.3, 0.4) is 0 Å². The fourth-order valence-corrected chi connectivity index (χ4v) is 1.31. The number of hydrogen-bond donors (Lipinski definition) is 1. The summed E-state index contributed by atoms with van der Waals surface area (Å²) < 4.78 is 0. The molecule has 1 amide bonds. The highest BCUT2D eigenvalue weighted by molar-refractivity contribution is 6.31. The Morgan fingerprint density at radius 2 is 2.27 bits per heavy atom. The van der Waals surface area contributed by atoms with Crippen LogP contribution in [0.1, 0.15) is 18.1 Å². The maximum absolute atomic E-state index is 11.1. The zero-order chi connectivity index (χ0) is 11.3. The van der Waals surface area contributed by atoms with E-state index in [0.717, 1.165) is 11.1 Å². The summed E-state index contributed by atoms with van der Waals surface area (Å²) in [6.07, 6.45) is 3.25. The fraction of sp³-hybridized carbons (Fsp3) is 0.250. The van der Waals surface area contributed by atoms with Gasteiger partial charge in [-0.3, -0.25) is 4.79 Å². The lowest BCUT2D eigenvalue weighted by Crippen LogP contribution is -2.19. The molecule has 0 atom stereocenters. The van der Waals surface area contributed by atoms with Gasteiger partial charge in [-0.05, 0) is 37.1 Å². The van der Waals surface area contributed by atoms with Crippen LogP contribution in [0.5, 0.6) is 0 Å². The van der Waals surface area contributed by atoms with Crippen LogP contribution in [0.4, 0.5) is 0 Å². The molecule has 0 aromatic heterocycles. The largest absolute Gasteiger partial charge is 0.353 e. The summed E-state index contributed by atoms with van der Waals surface area (Å²) in [6, 6.07) is 5.70. The lowest BCUT2D eigenvalue weighted by Gasteiger charge is -1.99. The van der Waals surface area contributed by atoms with Crippen LogP contribution in [-0.2, 0) is 4.79 Å². The minimum absolute atomic E-state index is 0.0887. The Bertz CT molecular complexity index is 385. The number of aryl methyl sites for hydroxylation is 1. The molecule has 0 aliphatic heterocycles. The van der Waals surface area contributed by atoms with E-state index in [1.54, 1.807) is 6.08 Å². The van der Waals surface area contributed by atoms with E-state index < -0.39 is 0 Å². The van der Waals surface area contributed by atoms with Gasteiger partial charge in [-0.15, -0.1) is 0 Å². The van der Waals surface area contributed by atoms with E-state index in [2.05, 4.69) is 5.32 Å². The first-order valence-electron chi connectivity index (χ1n) is 4.85. The highest BCUT2D eigenvalue weighted by Crippen LogP contribution is 2.17. The van der Waals surface area contributed by atoms with Gasteiger partial charge in [-0.25, -0.2) is 0 Å². The van der Waals surface area contributed by atoms with Gasteiger partial charge < -0.3 is 5.32 Å². The molecule has 1 N–H and O–H groups in total. The number of halogens is 1. The zero-order valence-electron chi connectivity index (χ0n) is 8.88. The molecule has 15 heavy (non-hydrogen) atoms. The van der Waals surface area contributed by atoms with Crippen LogP contribution < -0.4 is 5.32 Å². The molecule has 1 aromatic rings. The topological polar surface area (TPSA) is 29.1 Å². The average molecular weight is 224 g/mol. The summed E-state index contributed by atoms with van der Waals surface area (Å²) in [4.78, 5) is 11.1. The van der Waals surface area contributed by atoms with E-state index in [4.69, 9.17) is 11.6 Å². The quantitative estimate of drug-likeness (QED) is 0.785. The predicted octanol–water partition coefficient (Wildman–Crippen LogP) is 2.80. The Kier molecular flexibility index (Phi) is 4.37. The van der Waals surface area contributed by atoms with Gasteiger partial charge in [0.05, 0.1) is 0 Å². The molecule has 1 aromatic carbocycles. The molecule has 80 valence electrons. The molecular formula is C12H14ClNO. The van der Waals surface area contributed by atoms with Gasteiger partial charge in [0.2, 0.25) is 5.91 Å². The van der Waals surface area contributed by atoms with Crippen molar-refractivity contribution in [2.24, 2.45) is 0 Å². The number of carbonyl (C=O) groups excluding carboxylic acids is 1. The molecule has 0 aliphatic rings. The van der Waals surface area contributed by atoms with Crippen LogP contribution in [0.15, 0.2) is 24.3 Å². The molecule has 3 heteroatoms. The molecule has 2 nitrogen and oxygen atoms in total. The van der Waals surface area contributed by atoms with Crippen molar-refractivity contribution in [3.63, 3.8) is 0 Å². The third-order valence-corrected chi connectivity index (χ3v) is 2.38. The Labute approximate surface area is 94.9 Å². The molecule has 0 aliphatic carbocycles. The van der Waals surface area contributed by atoms with Crippen molar-refractivity contribution in [3.8, 4) is 0 Å². The van der Waals surface area contributed by atoms with Gasteiger partial charge in [0.25, 0.3) is 0 Å². The highest BCUT2D eigenvalue weighted by atomic mass is 35.5. The Hall–Kier alpha value is -1.28. The average Bonchev–Trinajstić information content (AvgIpc) is 2.20. The molecule has 1 rings (SSSR count). The minimum atomic E-state index is -0.0887. The van der Waals surface area contributed by atoms with E-state index in [1.165, 1.54) is 6.08 Å². The normalized spacial score (nSPS) is 10.6. The van der Waals surface area contributed by atoms with Gasteiger partial charge in [-0.1, -0.05) is 23.7 Å². The molecular weight excluding hydrogens is 210 g/mol. The molecule has 0 heterocycles. The van der Waals surface area contributed by atoms with Crippen LogP contribution in [0, 0.1) is 6.92 Å². The molecule has 0 unspecified atom stereocenters. The van der Waals surface area contributed by atoms with Gasteiger partial charge in [0.15, 0.2) is 0 Å². The van der Waals surface area contributed by atoms with Gasteiger partial charge in [0.1, 0.15) is 0 Å². The van der Waals surface area contributed by atoms with Crippen molar-refractivity contribution in [1.82, 2.24) is 5.32 Å². The Morgan fingerprint density at radius 1 is 1.53 bits per heavy atom. The lowest BCUT2D eigenvalue weighted by molar-refractivity contribution is -0.116. The summed E-state index contributed by atoms with van der Waals surface area (Å²) in [5, 5.41) is 3.40. The first kappa shape index (κ1) is 11.8. The second-order valence-electron chi connectivity index (χ2n) is 3.24. The molecule has 0 saturated carbocycles. The summed E-state index contributed by atoms with van der Waals surface area (Å²) in [7, 11) is 0. The Morgan fingerprint density at radius 3 is 2.87 bits per heavy atom. The SMILES string of the molecule is CCNC(=O)C=Cc1ccc(C)c(Cl)c1. The lowest BCUT2D eigenvalue weighted by atomic mass is 10.1. The zero-order valence-corrected chi connectivity index (χ0v) is 9.64. The van der Waals surface area contributed by atoms with E-state index >= 15 is 0 Å². The van der Waals surface area contributed by atoms with E-state index in [1.807, 2.05) is 32.0 Å². The first-order chi connectivity index (χ1) is 7.13. The number of carbonyl (C=O) groups is 1. The number of benzene rings is 1. The van der Waals surface area contributed by atoms with Gasteiger partial charge in [-0.2, -0.15) is 0 Å². The van der Waals surface area contributed by atoms with Crippen molar-refractivity contribution in [2.45, 2.75) is 13.8 Å². The van der Waals surface area contributed by atoms with Crippen molar-refractivity contribution in [3.05, 3.63) is 40.4 Å². The molecule has 0 spiro atoms. The molecule has 0 fully saturated rings. The third kappa shape index (κ3) is 3.76. The summed E-state index contributed by atoms with van der Waals surface area (Å²) in [5.41, 5.74) is 1.96. The number of hydrogen-bond acceptors (Lipinski definition) is 1. The maximum atomic E-state index is 11.1. The smallest absolute Gasteiger partial charge is 0.243 e. The van der Waals surface area contributed by atoms with Gasteiger partial charge in [0, 0.05) is 17.6 Å². The van der Waals surface area contributed by atoms with Crippen molar-refractivity contribution >= 4 is 23.6 Å². The third-order valence-electron chi connectivity index (χ3n) is 1.97. The van der Waals surface area contributed by atoms with Crippen LogP contribution in [-0.4, -0.2) is 12.5 Å². The van der Waals surface area contributed by atoms with Gasteiger partial charge >= 0.3 is 0 Å². The van der Waals surface area contributed by atoms with E-state index in [0.29, 0.717) is 11.6 Å². The van der Waals surface area contributed by atoms with Crippen molar-refractivity contribution in [1.29, 1.82) is 0 Å². The Balaban J connectivity index is 2.72. The first-order valence-corrected chi connectivity index (χ1v) is 5.23. The summed E-state index contributed by atoms with van der Waals surface area (Å²) in [5.74, 6) is -0.0887. The fourth-order valence-electron chi connectivity index (χ4n) is 1.12. The van der Waals surface area contributed by atoms with E-state index in [-0.39, 0.29) is 5.91 Å². The predicted molar refractivity (Wildman–Crippen MR) is 63.9 cm³/mol. The van der Waals surface area contributed by atoms with Crippen LogP contribution in [0.2, 0.25) is 5.02 Å². The van der Waals surface area contributed by atoms with Crippen LogP contribution >= 0.6 is 11.6 Å².